The number of nitrogens with one attached hydrogen (secondary N) is 1. The molecule has 3 unspecified atom stereocenters. The molecule has 0 heterocycles. The van der Waals surface area contributed by atoms with Gasteiger partial charge in [-0.15, -0.1) is 0 Å². The van der Waals surface area contributed by atoms with E-state index in [1.165, 1.54) is 0 Å². The van der Waals surface area contributed by atoms with Crippen molar-refractivity contribution < 1.29 is 26.5 Å². The highest BCUT2D eigenvalue weighted by Crippen LogP contribution is 2.65. The van der Waals surface area contributed by atoms with Crippen LogP contribution in [0.2, 0.25) is 0 Å². The largest absolute Gasteiger partial charge is 0.446 e. The summed E-state index contributed by atoms with van der Waals surface area (Å²) in [7, 11) is -5.75. The van der Waals surface area contributed by atoms with E-state index >= 15 is 0 Å². The molecule has 2 aliphatic carbocycles. The Morgan fingerprint density at radius 1 is 1.35 bits per heavy atom. The van der Waals surface area contributed by atoms with Gasteiger partial charge in [0, 0.05) is 6.04 Å². The highest BCUT2D eigenvalue weighted by Gasteiger charge is 2.63. The Balaban J connectivity index is 2.20. The summed E-state index contributed by atoms with van der Waals surface area (Å²) in [5.74, 6) is -1.63. The fraction of sp³-hybridized carbons (Fsp3) is 0.917. The molecule has 1 amide bonds. The second-order valence-corrected chi connectivity index (χ2v) is 8.09. The van der Waals surface area contributed by atoms with Crippen LogP contribution in [0, 0.1) is 16.7 Å². The molecule has 3 atom stereocenters. The highest BCUT2D eigenvalue weighted by atomic mass is 32.2. The van der Waals surface area contributed by atoms with Gasteiger partial charge in [0.1, 0.15) is 0 Å². The molecule has 20 heavy (non-hydrogen) atoms. The van der Waals surface area contributed by atoms with Crippen LogP contribution in [-0.2, 0) is 14.9 Å². The zero-order chi connectivity index (χ0) is 15.6. The number of rotatable bonds is 3. The normalized spacial score (nSPS) is 36.1. The van der Waals surface area contributed by atoms with E-state index in [-0.39, 0.29) is 10.8 Å². The van der Waals surface area contributed by atoms with Gasteiger partial charge in [0.2, 0.25) is 0 Å². The van der Waals surface area contributed by atoms with E-state index in [9.17, 15) is 22.0 Å². The summed E-state index contributed by atoms with van der Waals surface area (Å²) < 4.78 is 56.2. The third-order valence-corrected chi connectivity index (χ3v) is 6.52. The lowest BCUT2D eigenvalue weighted by atomic mass is 9.69. The van der Waals surface area contributed by atoms with Gasteiger partial charge in [0.15, 0.2) is 0 Å². The number of amides is 1. The Morgan fingerprint density at radius 3 is 2.25 bits per heavy atom. The van der Waals surface area contributed by atoms with Crippen LogP contribution in [-0.4, -0.2) is 30.2 Å². The quantitative estimate of drug-likeness (QED) is 0.779. The van der Waals surface area contributed by atoms with Crippen molar-refractivity contribution in [1.29, 1.82) is 0 Å². The SMILES string of the molecule is CC1(C)C2CCC1(C)C(NC(=O)C(F)(F)S(=O)(=O)O)C2. The van der Waals surface area contributed by atoms with Crippen molar-refractivity contribution in [3.63, 3.8) is 0 Å². The van der Waals surface area contributed by atoms with E-state index in [1.807, 2.05) is 20.8 Å². The molecule has 116 valence electrons. The summed E-state index contributed by atoms with van der Waals surface area (Å²) in [6.45, 7) is 6.01. The Bertz CT molecular complexity index is 546. The maximum Gasteiger partial charge on any atom is 0.446 e. The first-order valence-corrected chi connectivity index (χ1v) is 7.94. The molecule has 2 rings (SSSR count). The van der Waals surface area contributed by atoms with Gasteiger partial charge in [-0.2, -0.15) is 17.2 Å². The first kappa shape index (κ1) is 15.6. The molecule has 0 saturated heterocycles. The van der Waals surface area contributed by atoms with E-state index in [4.69, 9.17) is 4.55 Å². The van der Waals surface area contributed by atoms with Crippen LogP contribution in [0.15, 0.2) is 0 Å². The molecule has 0 aromatic heterocycles. The number of hydrogen-bond acceptors (Lipinski definition) is 3. The van der Waals surface area contributed by atoms with E-state index < -0.39 is 27.3 Å². The molecular weight excluding hydrogens is 292 g/mol. The van der Waals surface area contributed by atoms with Crippen LogP contribution in [0.5, 0.6) is 0 Å². The van der Waals surface area contributed by atoms with Crippen LogP contribution >= 0.6 is 0 Å². The molecule has 5 nitrogen and oxygen atoms in total. The number of carbonyl (C=O) groups is 1. The standard InChI is InChI=1S/C12H19F2NO4S/c1-10(2)7-4-5-11(10,3)8(6-7)15-9(16)12(13,14)20(17,18)19/h7-8H,4-6H2,1-3H3,(H,15,16)(H,17,18,19). The fourth-order valence-corrected chi connectivity index (χ4v) is 4.07. The topological polar surface area (TPSA) is 83.5 Å². The van der Waals surface area contributed by atoms with Crippen molar-refractivity contribution in [2.24, 2.45) is 16.7 Å². The molecule has 0 aromatic carbocycles. The zero-order valence-electron chi connectivity index (χ0n) is 11.6. The lowest BCUT2D eigenvalue weighted by Crippen LogP contribution is -2.53. The third kappa shape index (κ3) is 1.88. The number of fused-ring (bicyclic) bond motifs is 2. The number of carbonyl (C=O) groups excluding carboxylic acids is 1. The van der Waals surface area contributed by atoms with Gasteiger partial charge < -0.3 is 5.32 Å². The summed E-state index contributed by atoms with van der Waals surface area (Å²) in [4.78, 5) is 11.5. The van der Waals surface area contributed by atoms with Gasteiger partial charge in [-0.25, -0.2) is 0 Å². The number of hydrogen-bond donors (Lipinski definition) is 2. The maximum absolute atomic E-state index is 13.3. The van der Waals surface area contributed by atoms with Crippen LogP contribution in [0.4, 0.5) is 8.78 Å². The number of alkyl halides is 2. The Labute approximate surface area is 116 Å². The van der Waals surface area contributed by atoms with Gasteiger partial charge in [-0.3, -0.25) is 9.35 Å². The van der Waals surface area contributed by atoms with Crippen LogP contribution in [0.1, 0.15) is 40.0 Å². The zero-order valence-corrected chi connectivity index (χ0v) is 12.4. The molecule has 0 aromatic rings. The van der Waals surface area contributed by atoms with E-state index in [0.717, 1.165) is 12.8 Å². The van der Waals surface area contributed by atoms with Crippen molar-refractivity contribution >= 4 is 16.0 Å². The van der Waals surface area contributed by atoms with Crippen LogP contribution in [0.3, 0.4) is 0 Å². The van der Waals surface area contributed by atoms with Crippen molar-refractivity contribution in [3.05, 3.63) is 0 Å². The molecule has 0 aliphatic heterocycles. The van der Waals surface area contributed by atoms with Gasteiger partial charge in [0.05, 0.1) is 0 Å². The summed E-state index contributed by atoms with van der Waals surface area (Å²) in [6.07, 6.45) is 2.33. The van der Waals surface area contributed by atoms with Gasteiger partial charge >= 0.3 is 21.3 Å². The minimum atomic E-state index is -5.75. The van der Waals surface area contributed by atoms with Gasteiger partial charge in [-0.05, 0) is 36.0 Å². The molecule has 2 fully saturated rings. The van der Waals surface area contributed by atoms with E-state index in [1.54, 1.807) is 0 Å². The minimum Gasteiger partial charge on any atom is -0.346 e. The molecule has 2 N–H and O–H groups in total. The van der Waals surface area contributed by atoms with Gasteiger partial charge in [-0.1, -0.05) is 20.8 Å². The van der Waals surface area contributed by atoms with Crippen molar-refractivity contribution in [1.82, 2.24) is 5.32 Å². The Hall–Kier alpha value is -0.760. The molecule has 2 saturated carbocycles. The predicted octanol–water partition coefficient (Wildman–Crippen LogP) is 1.80. The Kier molecular flexibility index (Phi) is 3.22. The van der Waals surface area contributed by atoms with Crippen LogP contribution in [0.25, 0.3) is 0 Å². The summed E-state index contributed by atoms with van der Waals surface area (Å²) in [5, 5.41) is -2.69. The van der Waals surface area contributed by atoms with Crippen molar-refractivity contribution in [2.75, 3.05) is 0 Å². The fourth-order valence-electron chi connectivity index (χ4n) is 3.78. The molecular formula is C12H19F2NO4S. The maximum atomic E-state index is 13.3. The minimum absolute atomic E-state index is 0.0989. The molecule has 2 bridgehead atoms. The lowest BCUT2D eigenvalue weighted by Gasteiger charge is -2.39. The second-order valence-electron chi connectivity index (χ2n) is 6.63. The lowest BCUT2D eigenvalue weighted by molar-refractivity contribution is -0.138. The van der Waals surface area contributed by atoms with Crippen molar-refractivity contribution in [3.8, 4) is 0 Å². The average Bonchev–Trinajstić information content (AvgIpc) is 2.60. The van der Waals surface area contributed by atoms with Crippen molar-refractivity contribution in [2.45, 2.75) is 51.3 Å². The summed E-state index contributed by atoms with van der Waals surface area (Å²) in [5.41, 5.74) is -0.444. The Morgan fingerprint density at radius 2 is 1.90 bits per heavy atom. The van der Waals surface area contributed by atoms with Gasteiger partial charge in [0.25, 0.3) is 0 Å². The first-order valence-electron chi connectivity index (χ1n) is 6.50. The molecule has 0 spiro atoms. The second kappa shape index (κ2) is 4.13. The monoisotopic (exact) mass is 311 g/mol. The van der Waals surface area contributed by atoms with E-state index in [2.05, 4.69) is 5.32 Å². The number of halogens is 2. The first-order chi connectivity index (χ1) is 8.84. The highest BCUT2D eigenvalue weighted by molar-refractivity contribution is 7.87. The third-order valence-electron chi connectivity index (χ3n) is 5.69. The smallest absolute Gasteiger partial charge is 0.346 e. The summed E-state index contributed by atoms with van der Waals surface area (Å²) >= 11 is 0. The van der Waals surface area contributed by atoms with Crippen LogP contribution < -0.4 is 5.32 Å². The predicted molar refractivity (Wildman–Crippen MR) is 67.7 cm³/mol. The van der Waals surface area contributed by atoms with E-state index in [0.29, 0.717) is 12.3 Å². The average molecular weight is 311 g/mol. The summed E-state index contributed by atoms with van der Waals surface area (Å²) in [6, 6.07) is -0.503. The molecule has 2 aliphatic rings. The molecule has 8 heteroatoms. The molecule has 0 radical (unpaired) electrons.